The summed E-state index contributed by atoms with van der Waals surface area (Å²) >= 11 is 0. The molecule has 0 saturated carbocycles. The minimum Gasteiger partial charge on any atom is -0.467 e. The molecule has 0 N–H and O–H groups in total. The van der Waals surface area contributed by atoms with Gasteiger partial charge in [-0.25, -0.2) is 9.59 Å². The van der Waals surface area contributed by atoms with Crippen molar-refractivity contribution in [1.82, 2.24) is 4.90 Å². The summed E-state index contributed by atoms with van der Waals surface area (Å²) < 4.78 is 15.2. The lowest BCUT2D eigenvalue weighted by atomic mass is 10.2. The standard InChI is InChI=1S/C15H19NO5/c1-19-12-8-13(14(17)20-2)16(9-12)15(18)21-10-11-6-4-3-5-7-11/h3-7,12-13H,8-10H2,1-2H3. The number of esters is 1. The molecule has 114 valence electrons. The van der Waals surface area contributed by atoms with Crippen molar-refractivity contribution in [2.45, 2.75) is 25.2 Å². The van der Waals surface area contributed by atoms with E-state index in [1.807, 2.05) is 30.3 Å². The minimum absolute atomic E-state index is 0.168. The number of amides is 1. The van der Waals surface area contributed by atoms with Gasteiger partial charge in [0.05, 0.1) is 19.8 Å². The van der Waals surface area contributed by atoms with Crippen LogP contribution in [0.3, 0.4) is 0 Å². The summed E-state index contributed by atoms with van der Waals surface area (Å²) in [6.45, 7) is 0.492. The molecule has 1 aromatic rings. The molecule has 2 unspecified atom stereocenters. The molecule has 0 aliphatic carbocycles. The first-order valence-electron chi connectivity index (χ1n) is 6.73. The van der Waals surface area contributed by atoms with Crippen LogP contribution in [0.5, 0.6) is 0 Å². The van der Waals surface area contributed by atoms with E-state index in [1.54, 1.807) is 7.11 Å². The molecule has 0 spiro atoms. The maximum atomic E-state index is 12.2. The van der Waals surface area contributed by atoms with Crippen LogP contribution in [0.2, 0.25) is 0 Å². The first kappa shape index (κ1) is 15.3. The molecule has 1 aliphatic heterocycles. The van der Waals surface area contributed by atoms with Gasteiger partial charge in [0.25, 0.3) is 0 Å². The summed E-state index contributed by atoms with van der Waals surface area (Å²) in [6, 6.07) is 8.72. The van der Waals surface area contributed by atoms with Crippen LogP contribution < -0.4 is 0 Å². The Hall–Kier alpha value is -2.08. The van der Waals surface area contributed by atoms with Gasteiger partial charge in [-0.2, -0.15) is 0 Å². The van der Waals surface area contributed by atoms with Gasteiger partial charge in [-0.05, 0) is 5.56 Å². The Labute approximate surface area is 123 Å². The number of carbonyl (C=O) groups excluding carboxylic acids is 2. The number of rotatable bonds is 4. The zero-order valence-electron chi connectivity index (χ0n) is 12.2. The van der Waals surface area contributed by atoms with E-state index in [-0.39, 0.29) is 12.7 Å². The number of likely N-dealkylation sites (tertiary alicyclic amines) is 1. The Bertz CT molecular complexity index is 490. The number of carbonyl (C=O) groups is 2. The van der Waals surface area contributed by atoms with Crippen LogP contribution in [-0.2, 0) is 25.6 Å². The molecule has 2 rings (SSSR count). The molecule has 2 atom stereocenters. The Morgan fingerprint density at radius 1 is 1.24 bits per heavy atom. The number of benzene rings is 1. The number of ether oxygens (including phenoxy) is 3. The third-order valence-corrected chi connectivity index (χ3v) is 3.51. The van der Waals surface area contributed by atoms with Crippen LogP contribution >= 0.6 is 0 Å². The lowest BCUT2D eigenvalue weighted by Gasteiger charge is -2.21. The van der Waals surface area contributed by atoms with E-state index in [4.69, 9.17) is 14.2 Å². The largest absolute Gasteiger partial charge is 0.467 e. The summed E-state index contributed by atoms with van der Waals surface area (Å²) in [5.74, 6) is -0.453. The summed E-state index contributed by atoms with van der Waals surface area (Å²) in [5, 5.41) is 0. The van der Waals surface area contributed by atoms with E-state index < -0.39 is 18.1 Å². The van der Waals surface area contributed by atoms with Crippen LogP contribution in [-0.4, -0.2) is 49.9 Å². The molecule has 0 radical (unpaired) electrons. The molecule has 0 bridgehead atoms. The number of hydrogen-bond donors (Lipinski definition) is 0. The average Bonchev–Trinajstić information content (AvgIpc) is 2.97. The molecule has 0 aromatic heterocycles. The van der Waals surface area contributed by atoms with Crippen molar-refractivity contribution in [3.8, 4) is 0 Å². The highest BCUT2D eigenvalue weighted by atomic mass is 16.6. The molecule has 6 nitrogen and oxygen atoms in total. The van der Waals surface area contributed by atoms with E-state index in [1.165, 1.54) is 12.0 Å². The van der Waals surface area contributed by atoms with Crippen molar-refractivity contribution in [3.05, 3.63) is 35.9 Å². The highest BCUT2D eigenvalue weighted by molar-refractivity contribution is 5.82. The Balaban J connectivity index is 1.97. The van der Waals surface area contributed by atoms with Gasteiger partial charge in [0.2, 0.25) is 0 Å². The molecular formula is C15H19NO5. The van der Waals surface area contributed by atoms with E-state index in [0.717, 1.165) is 5.56 Å². The van der Waals surface area contributed by atoms with E-state index in [0.29, 0.717) is 13.0 Å². The highest BCUT2D eigenvalue weighted by Crippen LogP contribution is 2.22. The first-order chi connectivity index (χ1) is 10.2. The van der Waals surface area contributed by atoms with Crippen molar-refractivity contribution in [3.63, 3.8) is 0 Å². The first-order valence-corrected chi connectivity index (χ1v) is 6.73. The predicted octanol–water partition coefficient (Wildman–Crippen LogP) is 1.59. The lowest BCUT2D eigenvalue weighted by molar-refractivity contribution is -0.145. The molecule has 1 fully saturated rings. The number of hydrogen-bond acceptors (Lipinski definition) is 5. The summed E-state index contributed by atoms with van der Waals surface area (Å²) in [6.07, 6.45) is -0.295. The van der Waals surface area contributed by atoms with Gasteiger partial charge in [0.15, 0.2) is 0 Å². The third-order valence-electron chi connectivity index (χ3n) is 3.51. The lowest BCUT2D eigenvalue weighted by Crippen LogP contribution is -2.41. The van der Waals surface area contributed by atoms with Crippen LogP contribution in [0.15, 0.2) is 30.3 Å². The maximum absolute atomic E-state index is 12.2. The normalized spacial score (nSPS) is 21.1. The molecule has 1 heterocycles. The van der Waals surface area contributed by atoms with Crippen molar-refractivity contribution in [1.29, 1.82) is 0 Å². The van der Waals surface area contributed by atoms with Gasteiger partial charge in [-0.1, -0.05) is 30.3 Å². The minimum atomic E-state index is -0.650. The smallest absolute Gasteiger partial charge is 0.410 e. The third kappa shape index (κ3) is 3.72. The molecule has 21 heavy (non-hydrogen) atoms. The molecular weight excluding hydrogens is 274 g/mol. The predicted molar refractivity (Wildman–Crippen MR) is 74.6 cm³/mol. The van der Waals surface area contributed by atoms with Gasteiger partial charge < -0.3 is 14.2 Å². The van der Waals surface area contributed by atoms with Gasteiger partial charge in [0.1, 0.15) is 12.6 Å². The molecule has 1 saturated heterocycles. The second-order valence-corrected chi connectivity index (χ2v) is 4.82. The molecule has 1 aliphatic rings. The second kappa shape index (κ2) is 7.08. The summed E-state index contributed by atoms with van der Waals surface area (Å²) in [4.78, 5) is 25.3. The molecule has 1 aromatic carbocycles. The molecule has 6 heteroatoms. The number of nitrogens with zero attached hydrogens (tertiary/aromatic N) is 1. The Morgan fingerprint density at radius 3 is 2.57 bits per heavy atom. The fourth-order valence-electron chi connectivity index (χ4n) is 2.33. The number of methoxy groups -OCH3 is 2. The van der Waals surface area contributed by atoms with Crippen molar-refractivity contribution in [2.75, 3.05) is 20.8 Å². The zero-order chi connectivity index (χ0) is 15.2. The highest BCUT2D eigenvalue weighted by Gasteiger charge is 2.41. The van der Waals surface area contributed by atoms with Crippen LogP contribution in [0.4, 0.5) is 4.79 Å². The van der Waals surface area contributed by atoms with Crippen molar-refractivity contribution >= 4 is 12.1 Å². The topological polar surface area (TPSA) is 65.1 Å². The second-order valence-electron chi connectivity index (χ2n) is 4.82. The van der Waals surface area contributed by atoms with Gasteiger partial charge in [-0.3, -0.25) is 4.90 Å². The van der Waals surface area contributed by atoms with Crippen LogP contribution in [0.25, 0.3) is 0 Å². The van der Waals surface area contributed by atoms with Crippen molar-refractivity contribution < 1.29 is 23.8 Å². The fourth-order valence-corrected chi connectivity index (χ4v) is 2.33. The SMILES string of the molecule is COC(=O)C1CC(OC)CN1C(=O)OCc1ccccc1. The average molecular weight is 293 g/mol. The summed E-state index contributed by atoms with van der Waals surface area (Å²) in [5.41, 5.74) is 0.892. The van der Waals surface area contributed by atoms with Crippen LogP contribution in [0.1, 0.15) is 12.0 Å². The maximum Gasteiger partial charge on any atom is 0.410 e. The molecule has 1 amide bonds. The summed E-state index contributed by atoms with van der Waals surface area (Å²) in [7, 11) is 2.85. The Kier molecular flexibility index (Phi) is 5.16. The van der Waals surface area contributed by atoms with E-state index in [2.05, 4.69) is 0 Å². The van der Waals surface area contributed by atoms with Gasteiger partial charge in [-0.15, -0.1) is 0 Å². The zero-order valence-corrected chi connectivity index (χ0v) is 12.2. The van der Waals surface area contributed by atoms with Crippen molar-refractivity contribution in [2.24, 2.45) is 0 Å². The monoisotopic (exact) mass is 293 g/mol. The van der Waals surface area contributed by atoms with Gasteiger partial charge >= 0.3 is 12.1 Å². The van der Waals surface area contributed by atoms with E-state index >= 15 is 0 Å². The Morgan fingerprint density at radius 2 is 1.95 bits per heavy atom. The quantitative estimate of drug-likeness (QED) is 0.789. The van der Waals surface area contributed by atoms with Crippen LogP contribution in [0, 0.1) is 0 Å². The van der Waals surface area contributed by atoms with E-state index in [9.17, 15) is 9.59 Å². The fraction of sp³-hybridized carbons (Fsp3) is 0.467. The van der Waals surface area contributed by atoms with Gasteiger partial charge in [0, 0.05) is 13.5 Å².